The molecule has 0 saturated heterocycles. The van der Waals surface area contributed by atoms with E-state index < -0.39 is 5.97 Å². The highest BCUT2D eigenvalue weighted by molar-refractivity contribution is 5.77. The number of carboxylic acid groups (broad SMARTS) is 1. The first kappa shape index (κ1) is 11.7. The molecular formula is C15H19NO2. The largest absolute Gasteiger partial charge is 0.481 e. The van der Waals surface area contributed by atoms with Crippen molar-refractivity contribution in [3.63, 3.8) is 0 Å². The van der Waals surface area contributed by atoms with Crippen molar-refractivity contribution in [2.45, 2.75) is 38.3 Å². The van der Waals surface area contributed by atoms with E-state index in [9.17, 15) is 9.90 Å². The number of hydrogen-bond acceptors (Lipinski definition) is 2. The van der Waals surface area contributed by atoms with Crippen LogP contribution in [0.4, 0.5) is 0 Å². The summed E-state index contributed by atoms with van der Waals surface area (Å²) in [6.07, 6.45) is 2.61. The van der Waals surface area contributed by atoms with E-state index in [-0.39, 0.29) is 5.92 Å². The Labute approximate surface area is 107 Å². The number of nitrogens with zero attached hydrogens (tertiary/aromatic N) is 1. The van der Waals surface area contributed by atoms with Crippen molar-refractivity contribution in [3.8, 4) is 0 Å². The smallest absolute Gasteiger partial charge is 0.312 e. The first-order valence-electron chi connectivity index (χ1n) is 6.71. The zero-order valence-electron chi connectivity index (χ0n) is 10.7. The van der Waals surface area contributed by atoms with Crippen LogP contribution in [-0.4, -0.2) is 28.6 Å². The van der Waals surface area contributed by atoms with E-state index in [0.29, 0.717) is 12.6 Å². The second-order valence-electron chi connectivity index (χ2n) is 5.60. The van der Waals surface area contributed by atoms with Crippen molar-refractivity contribution in [2.75, 3.05) is 6.54 Å². The molecule has 3 nitrogen and oxygen atoms in total. The van der Waals surface area contributed by atoms with E-state index in [0.717, 1.165) is 18.0 Å². The molecule has 1 aromatic rings. The molecule has 1 fully saturated rings. The molecule has 2 aliphatic rings. The second-order valence-corrected chi connectivity index (χ2v) is 5.60. The summed E-state index contributed by atoms with van der Waals surface area (Å²) >= 11 is 0. The number of benzene rings is 1. The highest BCUT2D eigenvalue weighted by Crippen LogP contribution is 2.38. The third kappa shape index (κ3) is 2.03. The quantitative estimate of drug-likeness (QED) is 0.889. The first-order valence-corrected chi connectivity index (χ1v) is 6.71. The van der Waals surface area contributed by atoms with Crippen LogP contribution in [0.15, 0.2) is 24.3 Å². The predicted molar refractivity (Wildman–Crippen MR) is 69.4 cm³/mol. The lowest BCUT2D eigenvalue weighted by Crippen LogP contribution is -2.42. The van der Waals surface area contributed by atoms with E-state index in [1.165, 1.54) is 18.4 Å². The highest BCUT2D eigenvalue weighted by atomic mass is 16.4. The summed E-state index contributed by atoms with van der Waals surface area (Å²) in [6.45, 7) is 3.80. The SMILES string of the molecule is CC(C1CC1)N1Cc2ccccc2C(C(=O)O)C1. The lowest BCUT2D eigenvalue weighted by molar-refractivity contribution is -0.139. The van der Waals surface area contributed by atoms with Crippen molar-refractivity contribution >= 4 is 5.97 Å². The van der Waals surface area contributed by atoms with E-state index in [2.05, 4.69) is 17.9 Å². The number of aliphatic carboxylic acids is 1. The molecule has 3 heteroatoms. The van der Waals surface area contributed by atoms with Crippen LogP contribution in [0.3, 0.4) is 0 Å². The number of carbonyl (C=O) groups is 1. The molecule has 1 aliphatic carbocycles. The average molecular weight is 245 g/mol. The summed E-state index contributed by atoms with van der Waals surface area (Å²) in [6, 6.07) is 8.49. The van der Waals surface area contributed by atoms with Crippen molar-refractivity contribution in [1.29, 1.82) is 0 Å². The maximum atomic E-state index is 11.4. The van der Waals surface area contributed by atoms with Crippen molar-refractivity contribution in [2.24, 2.45) is 5.92 Å². The van der Waals surface area contributed by atoms with Gasteiger partial charge < -0.3 is 5.11 Å². The van der Waals surface area contributed by atoms with Gasteiger partial charge in [-0.1, -0.05) is 24.3 Å². The van der Waals surface area contributed by atoms with E-state index in [1.54, 1.807) is 0 Å². The Hall–Kier alpha value is -1.35. The Kier molecular flexibility index (Phi) is 2.86. The minimum Gasteiger partial charge on any atom is -0.481 e. The number of hydrogen-bond donors (Lipinski definition) is 1. The normalized spacial score (nSPS) is 25.5. The third-order valence-electron chi connectivity index (χ3n) is 4.40. The van der Waals surface area contributed by atoms with Crippen LogP contribution in [0.1, 0.15) is 36.8 Å². The van der Waals surface area contributed by atoms with E-state index in [4.69, 9.17) is 0 Å². The second kappa shape index (κ2) is 4.39. The molecule has 0 spiro atoms. The van der Waals surface area contributed by atoms with Gasteiger partial charge in [0.1, 0.15) is 0 Å². The van der Waals surface area contributed by atoms with Gasteiger partial charge in [0.2, 0.25) is 0 Å². The van der Waals surface area contributed by atoms with E-state index in [1.807, 2.05) is 18.2 Å². The van der Waals surface area contributed by atoms with Gasteiger partial charge in [-0.2, -0.15) is 0 Å². The van der Waals surface area contributed by atoms with Gasteiger partial charge in [-0.25, -0.2) is 0 Å². The summed E-state index contributed by atoms with van der Waals surface area (Å²) in [4.78, 5) is 13.8. The fraction of sp³-hybridized carbons (Fsp3) is 0.533. The van der Waals surface area contributed by atoms with Gasteiger partial charge in [-0.3, -0.25) is 9.69 Å². The molecule has 0 radical (unpaired) electrons. The number of carboxylic acids is 1. The Balaban J connectivity index is 1.89. The van der Waals surface area contributed by atoms with Gasteiger partial charge in [-0.05, 0) is 36.8 Å². The van der Waals surface area contributed by atoms with Crippen molar-refractivity contribution < 1.29 is 9.90 Å². The molecule has 1 saturated carbocycles. The average Bonchev–Trinajstić information content (AvgIpc) is 3.20. The van der Waals surface area contributed by atoms with Crippen LogP contribution in [0.25, 0.3) is 0 Å². The van der Waals surface area contributed by atoms with Crippen molar-refractivity contribution in [1.82, 2.24) is 4.90 Å². The Morgan fingerprint density at radius 2 is 2.11 bits per heavy atom. The van der Waals surface area contributed by atoms with Crippen LogP contribution in [-0.2, 0) is 11.3 Å². The predicted octanol–water partition coefficient (Wildman–Crippen LogP) is 2.47. The van der Waals surface area contributed by atoms with Crippen LogP contribution in [0.5, 0.6) is 0 Å². The highest BCUT2D eigenvalue weighted by Gasteiger charge is 2.37. The molecule has 1 heterocycles. The maximum absolute atomic E-state index is 11.4. The van der Waals surface area contributed by atoms with Gasteiger partial charge in [0.05, 0.1) is 5.92 Å². The molecule has 2 atom stereocenters. The maximum Gasteiger partial charge on any atom is 0.312 e. The fourth-order valence-electron chi connectivity index (χ4n) is 3.03. The summed E-state index contributed by atoms with van der Waals surface area (Å²) in [5.41, 5.74) is 2.19. The molecule has 18 heavy (non-hydrogen) atoms. The summed E-state index contributed by atoms with van der Waals surface area (Å²) < 4.78 is 0. The third-order valence-corrected chi connectivity index (χ3v) is 4.40. The number of rotatable bonds is 3. The van der Waals surface area contributed by atoms with Gasteiger partial charge >= 0.3 is 5.97 Å². The molecule has 2 unspecified atom stereocenters. The van der Waals surface area contributed by atoms with Crippen LogP contribution < -0.4 is 0 Å². The van der Waals surface area contributed by atoms with Crippen LogP contribution >= 0.6 is 0 Å². The van der Waals surface area contributed by atoms with Crippen LogP contribution in [0, 0.1) is 5.92 Å². The summed E-state index contributed by atoms with van der Waals surface area (Å²) in [5, 5.41) is 9.41. The minimum absolute atomic E-state index is 0.365. The lowest BCUT2D eigenvalue weighted by atomic mass is 9.88. The van der Waals surface area contributed by atoms with Gasteiger partial charge in [-0.15, -0.1) is 0 Å². The fourth-order valence-corrected chi connectivity index (χ4v) is 3.03. The van der Waals surface area contributed by atoms with Gasteiger partial charge in [0, 0.05) is 19.1 Å². The Morgan fingerprint density at radius 3 is 2.78 bits per heavy atom. The molecule has 96 valence electrons. The summed E-state index contributed by atoms with van der Waals surface area (Å²) in [7, 11) is 0. The Morgan fingerprint density at radius 1 is 1.39 bits per heavy atom. The molecule has 3 rings (SSSR count). The molecule has 1 aromatic carbocycles. The Bertz CT molecular complexity index is 467. The lowest BCUT2D eigenvalue weighted by Gasteiger charge is -2.36. The van der Waals surface area contributed by atoms with Crippen molar-refractivity contribution in [3.05, 3.63) is 35.4 Å². The molecule has 0 aromatic heterocycles. The zero-order valence-corrected chi connectivity index (χ0v) is 10.7. The van der Waals surface area contributed by atoms with Crippen LogP contribution in [0.2, 0.25) is 0 Å². The minimum atomic E-state index is -0.699. The molecule has 0 bridgehead atoms. The topological polar surface area (TPSA) is 40.5 Å². The van der Waals surface area contributed by atoms with E-state index >= 15 is 0 Å². The molecule has 1 aliphatic heterocycles. The monoisotopic (exact) mass is 245 g/mol. The molecular weight excluding hydrogens is 226 g/mol. The van der Waals surface area contributed by atoms with Gasteiger partial charge in [0.25, 0.3) is 0 Å². The number of fused-ring (bicyclic) bond motifs is 1. The molecule has 0 amide bonds. The standard InChI is InChI=1S/C15H19NO2/c1-10(11-6-7-11)16-8-12-4-2-3-5-13(12)14(9-16)15(17)18/h2-5,10-11,14H,6-9H2,1H3,(H,17,18). The first-order chi connectivity index (χ1) is 8.66. The zero-order chi connectivity index (χ0) is 12.7. The summed E-state index contributed by atoms with van der Waals surface area (Å²) in [5.74, 6) is -0.281. The molecule has 1 N–H and O–H groups in total. The van der Waals surface area contributed by atoms with Gasteiger partial charge in [0.15, 0.2) is 0 Å².